The summed E-state index contributed by atoms with van der Waals surface area (Å²) in [6.07, 6.45) is 8.87. The predicted octanol–water partition coefficient (Wildman–Crippen LogP) is 5.51. The van der Waals surface area contributed by atoms with Gasteiger partial charge in [0.05, 0.1) is 10.8 Å². The molecule has 0 unspecified atom stereocenters. The molecule has 2 aromatic rings. The summed E-state index contributed by atoms with van der Waals surface area (Å²) in [4.78, 5) is 0. The zero-order valence-electron chi connectivity index (χ0n) is 17.8. The van der Waals surface area contributed by atoms with Gasteiger partial charge in [0, 0.05) is 35.4 Å². The SMILES string of the molecule is C[N+]1=C(/C=C\C=C\C2=[N+](C)c3ccccc3C2(C)C)C(C)(C)c2ccccc21. The molecule has 2 aliphatic heterocycles. The number of benzene rings is 2. The lowest BCUT2D eigenvalue weighted by molar-refractivity contribution is -0.401. The zero-order valence-corrected chi connectivity index (χ0v) is 17.8. The molecule has 0 spiro atoms. The van der Waals surface area contributed by atoms with Crippen LogP contribution < -0.4 is 0 Å². The van der Waals surface area contributed by atoms with Crippen molar-refractivity contribution in [1.82, 2.24) is 0 Å². The molecule has 28 heavy (non-hydrogen) atoms. The topological polar surface area (TPSA) is 6.02 Å². The Kier molecular flexibility index (Phi) is 4.26. The van der Waals surface area contributed by atoms with E-state index in [1.165, 1.54) is 33.9 Å². The molecule has 2 heteroatoms. The highest BCUT2D eigenvalue weighted by Gasteiger charge is 2.43. The third-order valence-corrected chi connectivity index (χ3v) is 6.50. The standard InChI is InChI=1S/C26H30N2/c1-25(2)19-13-7-9-15-21(19)27(5)23(25)17-11-12-18-24-26(3,4)20-14-8-10-16-22(20)28(24)6/h7-18H,1-6H3/q+2/b17-11-,18-12+. The van der Waals surface area contributed by atoms with E-state index in [1.54, 1.807) is 0 Å². The first-order chi connectivity index (χ1) is 13.3. The molecule has 2 aromatic carbocycles. The highest BCUT2D eigenvalue weighted by Crippen LogP contribution is 2.40. The summed E-state index contributed by atoms with van der Waals surface area (Å²) in [6, 6.07) is 17.4. The summed E-state index contributed by atoms with van der Waals surface area (Å²) in [5.74, 6) is 0. The van der Waals surface area contributed by atoms with Gasteiger partial charge in [-0.3, -0.25) is 0 Å². The second-order valence-electron chi connectivity index (χ2n) is 8.89. The first-order valence-electron chi connectivity index (χ1n) is 10.0. The summed E-state index contributed by atoms with van der Waals surface area (Å²) in [7, 11) is 4.33. The minimum Gasteiger partial charge on any atom is -0.198 e. The van der Waals surface area contributed by atoms with Gasteiger partial charge < -0.3 is 0 Å². The number of hydrogen-bond donors (Lipinski definition) is 0. The van der Waals surface area contributed by atoms with E-state index in [2.05, 4.69) is 124 Å². The summed E-state index contributed by atoms with van der Waals surface area (Å²) in [5.41, 5.74) is 8.07. The van der Waals surface area contributed by atoms with Crippen LogP contribution in [0.2, 0.25) is 0 Å². The summed E-state index contributed by atoms with van der Waals surface area (Å²) in [6.45, 7) is 9.21. The van der Waals surface area contributed by atoms with Crippen molar-refractivity contribution in [3.8, 4) is 0 Å². The van der Waals surface area contributed by atoms with Crippen molar-refractivity contribution in [3.05, 3.63) is 84.0 Å². The van der Waals surface area contributed by atoms with Gasteiger partial charge in [-0.25, -0.2) is 0 Å². The molecule has 2 nitrogen and oxygen atoms in total. The molecule has 0 atom stereocenters. The van der Waals surface area contributed by atoms with Crippen LogP contribution in [-0.4, -0.2) is 34.7 Å². The molecule has 0 radical (unpaired) electrons. The first-order valence-corrected chi connectivity index (χ1v) is 10.0. The molecule has 0 bridgehead atoms. The van der Waals surface area contributed by atoms with E-state index in [9.17, 15) is 0 Å². The Hall–Kier alpha value is -2.74. The third kappa shape index (κ3) is 2.63. The van der Waals surface area contributed by atoms with E-state index >= 15 is 0 Å². The van der Waals surface area contributed by atoms with Gasteiger partial charge in [0.25, 0.3) is 0 Å². The maximum absolute atomic E-state index is 2.31. The Labute approximate surface area is 168 Å². The van der Waals surface area contributed by atoms with Crippen LogP contribution in [0.15, 0.2) is 72.8 Å². The average Bonchev–Trinajstić information content (AvgIpc) is 2.99. The van der Waals surface area contributed by atoms with Crippen LogP contribution in [0.1, 0.15) is 38.8 Å². The van der Waals surface area contributed by atoms with Gasteiger partial charge in [0.15, 0.2) is 11.4 Å². The Morgan fingerprint density at radius 3 is 1.32 bits per heavy atom. The molecule has 2 heterocycles. The number of hydrogen-bond acceptors (Lipinski definition) is 0. The van der Waals surface area contributed by atoms with Gasteiger partial charge in [-0.2, -0.15) is 9.15 Å². The van der Waals surface area contributed by atoms with Crippen LogP contribution in [0.3, 0.4) is 0 Å². The van der Waals surface area contributed by atoms with Crippen molar-refractivity contribution in [3.63, 3.8) is 0 Å². The molecule has 0 N–H and O–H groups in total. The van der Waals surface area contributed by atoms with E-state index < -0.39 is 0 Å². The van der Waals surface area contributed by atoms with Gasteiger partial charge in [0.2, 0.25) is 11.4 Å². The lowest BCUT2D eigenvalue weighted by Crippen LogP contribution is -2.27. The van der Waals surface area contributed by atoms with Crippen molar-refractivity contribution in [2.24, 2.45) is 0 Å². The number of nitrogens with zero attached hydrogens (tertiary/aromatic N) is 2. The molecule has 0 amide bonds. The molecule has 0 saturated heterocycles. The molecule has 0 saturated carbocycles. The second kappa shape index (κ2) is 6.41. The zero-order chi connectivity index (χ0) is 20.1. The molecular formula is C26H30N2+2. The van der Waals surface area contributed by atoms with Crippen molar-refractivity contribution in [1.29, 1.82) is 0 Å². The fourth-order valence-corrected chi connectivity index (χ4v) is 4.90. The van der Waals surface area contributed by atoms with Crippen LogP contribution in [0.4, 0.5) is 11.4 Å². The van der Waals surface area contributed by atoms with Gasteiger partial charge in [-0.15, -0.1) is 0 Å². The van der Waals surface area contributed by atoms with E-state index in [0.29, 0.717) is 0 Å². The average molecular weight is 371 g/mol. The number of para-hydroxylation sites is 2. The lowest BCUT2D eigenvalue weighted by Gasteiger charge is -2.15. The Bertz CT molecular complexity index is 988. The van der Waals surface area contributed by atoms with E-state index in [4.69, 9.17) is 0 Å². The van der Waals surface area contributed by atoms with Gasteiger partial charge >= 0.3 is 0 Å². The Morgan fingerprint density at radius 2 is 0.964 bits per heavy atom. The second-order valence-corrected chi connectivity index (χ2v) is 8.89. The largest absolute Gasteiger partial charge is 0.209 e. The minimum atomic E-state index is 0.0164. The first kappa shape index (κ1) is 18.6. The fourth-order valence-electron chi connectivity index (χ4n) is 4.90. The highest BCUT2D eigenvalue weighted by atomic mass is 15.0. The Morgan fingerprint density at radius 1 is 0.607 bits per heavy atom. The van der Waals surface area contributed by atoms with Crippen molar-refractivity contribution >= 4 is 22.8 Å². The molecule has 142 valence electrons. The fraction of sp³-hybridized carbons (Fsp3) is 0.308. The Balaban J connectivity index is 1.63. The van der Waals surface area contributed by atoms with Crippen LogP contribution in [0.5, 0.6) is 0 Å². The minimum absolute atomic E-state index is 0.0164. The quantitative estimate of drug-likeness (QED) is 0.496. The summed E-state index contributed by atoms with van der Waals surface area (Å²) < 4.78 is 4.63. The van der Waals surface area contributed by atoms with Gasteiger partial charge in [-0.05, 0) is 27.7 Å². The monoisotopic (exact) mass is 370 g/mol. The predicted molar refractivity (Wildman–Crippen MR) is 119 cm³/mol. The molecule has 0 aliphatic carbocycles. The maximum atomic E-state index is 2.31. The van der Waals surface area contributed by atoms with Crippen molar-refractivity contribution in [2.75, 3.05) is 14.1 Å². The maximum Gasteiger partial charge on any atom is 0.209 e. The smallest absolute Gasteiger partial charge is 0.198 e. The van der Waals surface area contributed by atoms with Crippen molar-refractivity contribution < 1.29 is 9.15 Å². The van der Waals surface area contributed by atoms with Crippen LogP contribution in [0.25, 0.3) is 0 Å². The lowest BCUT2D eigenvalue weighted by atomic mass is 9.81. The van der Waals surface area contributed by atoms with E-state index in [-0.39, 0.29) is 10.8 Å². The van der Waals surface area contributed by atoms with E-state index in [0.717, 1.165) is 0 Å². The van der Waals surface area contributed by atoms with Gasteiger partial charge in [0.1, 0.15) is 14.1 Å². The third-order valence-electron chi connectivity index (χ3n) is 6.50. The number of allylic oxidation sites excluding steroid dienone is 4. The number of rotatable bonds is 3. The van der Waals surface area contributed by atoms with E-state index in [1.807, 2.05) is 0 Å². The summed E-state index contributed by atoms with van der Waals surface area (Å²) in [5, 5.41) is 0. The van der Waals surface area contributed by atoms with Crippen LogP contribution in [-0.2, 0) is 10.8 Å². The van der Waals surface area contributed by atoms with Crippen molar-refractivity contribution in [2.45, 2.75) is 38.5 Å². The molecular weight excluding hydrogens is 340 g/mol. The molecule has 0 aromatic heterocycles. The molecule has 2 aliphatic rings. The molecule has 0 fully saturated rings. The number of fused-ring (bicyclic) bond motifs is 2. The van der Waals surface area contributed by atoms with Crippen LogP contribution >= 0.6 is 0 Å². The summed E-state index contributed by atoms with van der Waals surface area (Å²) >= 11 is 0. The normalized spacial score (nSPS) is 19.8. The molecule has 4 rings (SSSR count). The van der Waals surface area contributed by atoms with Crippen LogP contribution in [0, 0.1) is 0 Å². The van der Waals surface area contributed by atoms with Gasteiger partial charge in [-0.1, -0.05) is 48.6 Å². The highest BCUT2D eigenvalue weighted by molar-refractivity contribution is 6.04.